The van der Waals surface area contributed by atoms with E-state index in [-0.39, 0.29) is 17.9 Å². The van der Waals surface area contributed by atoms with Crippen molar-refractivity contribution in [3.63, 3.8) is 0 Å². The number of hydrogen-bond acceptors (Lipinski definition) is 2. The number of nitrogens with zero attached hydrogens (tertiary/aromatic N) is 1. The molecule has 2 aromatic carbocycles. The molecule has 0 saturated carbocycles. The van der Waals surface area contributed by atoms with Crippen LogP contribution in [0.4, 0.5) is 0 Å². The van der Waals surface area contributed by atoms with Gasteiger partial charge in [-0.3, -0.25) is 9.69 Å². The van der Waals surface area contributed by atoms with Gasteiger partial charge in [-0.2, -0.15) is 0 Å². The molecule has 27 heavy (non-hydrogen) atoms. The van der Waals surface area contributed by atoms with Crippen molar-refractivity contribution in [1.82, 2.24) is 10.2 Å². The molecule has 1 aliphatic heterocycles. The Labute approximate surface area is 175 Å². The van der Waals surface area contributed by atoms with Crippen molar-refractivity contribution in [2.45, 2.75) is 32.4 Å². The minimum absolute atomic E-state index is 0.0143. The predicted octanol–water partition coefficient (Wildman–Crippen LogP) is 5.74. The second kappa shape index (κ2) is 9.29. The van der Waals surface area contributed by atoms with E-state index in [1.165, 1.54) is 0 Å². The molecule has 2 atom stereocenters. The zero-order valence-corrected chi connectivity index (χ0v) is 17.5. The first-order valence-corrected chi connectivity index (χ1v) is 10.3. The molecule has 0 spiro atoms. The maximum absolute atomic E-state index is 12.8. The van der Waals surface area contributed by atoms with Crippen molar-refractivity contribution in [2.75, 3.05) is 13.1 Å². The number of likely N-dealkylation sites (tertiary alicyclic amines) is 1. The number of carbonyl (C=O) groups is 1. The van der Waals surface area contributed by atoms with Gasteiger partial charge in [-0.15, -0.1) is 0 Å². The lowest BCUT2D eigenvalue weighted by Crippen LogP contribution is -2.43. The Balaban J connectivity index is 1.58. The van der Waals surface area contributed by atoms with Crippen LogP contribution in [0.2, 0.25) is 15.1 Å². The first kappa shape index (κ1) is 20.5. The summed E-state index contributed by atoms with van der Waals surface area (Å²) in [6.45, 7) is 4.43. The highest BCUT2D eigenvalue weighted by Crippen LogP contribution is 2.25. The summed E-state index contributed by atoms with van der Waals surface area (Å²) in [5.41, 5.74) is 2.09. The van der Waals surface area contributed by atoms with Gasteiger partial charge in [0, 0.05) is 28.2 Å². The fraction of sp³-hybridized carbons (Fsp3) is 0.381. The number of carbonyl (C=O) groups excluding carboxylic acids is 1. The highest BCUT2D eigenvalue weighted by molar-refractivity contribution is 6.35. The summed E-state index contributed by atoms with van der Waals surface area (Å²) < 4.78 is 0. The van der Waals surface area contributed by atoms with E-state index in [1.807, 2.05) is 43.3 Å². The van der Waals surface area contributed by atoms with Crippen LogP contribution in [0.5, 0.6) is 0 Å². The van der Waals surface area contributed by atoms with E-state index in [0.29, 0.717) is 15.1 Å². The molecule has 144 valence electrons. The van der Waals surface area contributed by atoms with E-state index in [1.54, 1.807) is 6.07 Å². The normalized spacial score (nSPS) is 18.9. The van der Waals surface area contributed by atoms with Crippen molar-refractivity contribution >= 4 is 40.7 Å². The van der Waals surface area contributed by atoms with Crippen LogP contribution >= 0.6 is 34.8 Å². The fourth-order valence-corrected chi connectivity index (χ4v) is 4.06. The Kier molecular flexibility index (Phi) is 7.04. The van der Waals surface area contributed by atoms with Crippen molar-refractivity contribution in [1.29, 1.82) is 0 Å². The molecule has 0 aromatic heterocycles. The topological polar surface area (TPSA) is 32.3 Å². The number of halogens is 3. The lowest BCUT2D eigenvalue weighted by atomic mass is 9.96. The van der Waals surface area contributed by atoms with Crippen molar-refractivity contribution < 1.29 is 4.79 Å². The molecule has 1 aliphatic rings. The minimum atomic E-state index is -0.0455. The van der Waals surface area contributed by atoms with E-state index < -0.39 is 0 Å². The van der Waals surface area contributed by atoms with Gasteiger partial charge in [0.25, 0.3) is 0 Å². The van der Waals surface area contributed by atoms with Gasteiger partial charge in [0.1, 0.15) is 0 Å². The van der Waals surface area contributed by atoms with Crippen molar-refractivity contribution in [3.05, 3.63) is 68.7 Å². The molecular formula is C21H23Cl3N2O. The van der Waals surface area contributed by atoms with Gasteiger partial charge in [-0.05, 0) is 61.7 Å². The summed E-state index contributed by atoms with van der Waals surface area (Å²) in [6.07, 6.45) is 1.91. The number of hydrogen-bond donors (Lipinski definition) is 1. The molecule has 0 unspecified atom stereocenters. The Morgan fingerprint density at radius 3 is 2.56 bits per heavy atom. The maximum atomic E-state index is 12.8. The first-order chi connectivity index (χ1) is 12.9. The maximum Gasteiger partial charge on any atom is 0.224 e. The Hall–Kier alpha value is -1.26. The molecule has 1 N–H and O–H groups in total. The minimum Gasteiger partial charge on any atom is -0.349 e. The highest BCUT2D eigenvalue weighted by Gasteiger charge is 2.27. The smallest absolute Gasteiger partial charge is 0.224 e. The van der Waals surface area contributed by atoms with Crippen molar-refractivity contribution in [3.8, 4) is 0 Å². The standard InChI is InChI=1S/C21H23Cl3N2O/c1-14(15-4-7-18(22)8-5-15)25-21(27)17-3-2-10-26(13-17)12-16-6-9-19(23)11-20(16)24/h4-9,11,14,17H,2-3,10,12-13H2,1H3,(H,25,27)/t14-,17-/m1/s1. The molecule has 2 aromatic rings. The summed E-state index contributed by atoms with van der Waals surface area (Å²) in [5, 5.41) is 5.14. The zero-order valence-electron chi connectivity index (χ0n) is 15.2. The number of piperidine rings is 1. The summed E-state index contributed by atoms with van der Waals surface area (Å²) in [5.74, 6) is 0.0870. The summed E-state index contributed by atoms with van der Waals surface area (Å²) >= 11 is 18.2. The van der Waals surface area contributed by atoms with Crippen LogP contribution in [-0.2, 0) is 11.3 Å². The molecule has 6 heteroatoms. The molecule has 0 bridgehead atoms. The molecule has 0 radical (unpaired) electrons. The van der Waals surface area contributed by atoms with Crippen LogP contribution in [0.25, 0.3) is 0 Å². The fourth-order valence-electron chi connectivity index (χ4n) is 3.47. The lowest BCUT2D eigenvalue weighted by Gasteiger charge is -2.32. The summed E-state index contributed by atoms with van der Waals surface area (Å²) in [7, 11) is 0. The first-order valence-electron chi connectivity index (χ1n) is 9.14. The van der Waals surface area contributed by atoms with Crippen LogP contribution in [0.1, 0.15) is 36.9 Å². The van der Waals surface area contributed by atoms with Gasteiger partial charge in [0.15, 0.2) is 0 Å². The van der Waals surface area contributed by atoms with Gasteiger partial charge >= 0.3 is 0 Å². The monoisotopic (exact) mass is 424 g/mol. The zero-order chi connectivity index (χ0) is 19.4. The molecule has 1 fully saturated rings. The second-order valence-corrected chi connectivity index (χ2v) is 8.37. The number of rotatable bonds is 5. The van der Waals surface area contributed by atoms with Gasteiger partial charge in [0.2, 0.25) is 5.91 Å². The Morgan fingerprint density at radius 2 is 1.85 bits per heavy atom. The SMILES string of the molecule is C[C@@H](NC(=O)[C@@H]1CCCN(Cc2ccc(Cl)cc2Cl)C1)c1ccc(Cl)cc1. The van der Waals surface area contributed by atoms with Crippen LogP contribution < -0.4 is 5.32 Å². The molecule has 1 saturated heterocycles. The molecule has 1 amide bonds. The predicted molar refractivity (Wildman–Crippen MR) is 112 cm³/mol. The third-order valence-corrected chi connectivity index (χ3v) is 5.85. The third-order valence-electron chi connectivity index (χ3n) is 5.01. The van der Waals surface area contributed by atoms with Crippen LogP contribution in [0.3, 0.4) is 0 Å². The number of nitrogens with one attached hydrogen (secondary N) is 1. The van der Waals surface area contributed by atoms with E-state index in [4.69, 9.17) is 34.8 Å². The highest BCUT2D eigenvalue weighted by atomic mass is 35.5. The number of amides is 1. The summed E-state index contributed by atoms with van der Waals surface area (Å²) in [6, 6.07) is 13.1. The lowest BCUT2D eigenvalue weighted by molar-refractivity contribution is -0.127. The average molecular weight is 426 g/mol. The summed E-state index contributed by atoms with van der Waals surface area (Å²) in [4.78, 5) is 15.0. The van der Waals surface area contributed by atoms with Crippen LogP contribution in [0, 0.1) is 5.92 Å². The van der Waals surface area contributed by atoms with E-state index in [9.17, 15) is 4.79 Å². The van der Waals surface area contributed by atoms with Crippen molar-refractivity contribution in [2.24, 2.45) is 5.92 Å². The van der Waals surface area contributed by atoms with Gasteiger partial charge in [-0.1, -0.05) is 53.0 Å². The van der Waals surface area contributed by atoms with E-state index in [2.05, 4.69) is 10.2 Å². The van der Waals surface area contributed by atoms with Crippen LogP contribution in [-0.4, -0.2) is 23.9 Å². The van der Waals surface area contributed by atoms with Crippen LogP contribution in [0.15, 0.2) is 42.5 Å². The second-order valence-electron chi connectivity index (χ2n) is 7.09. The molecule has 0 aliphatic carbocycles. The third kappa shape index (κ3) is 5.61. The molecule has 3 rings (SSSR count). The quantitative estimate of drug-likeness (QED) is 0.663. The molecular weight excluding hydrogens is 403 g/mol. The Morgan fingerprint density at radius 1 is 1.15 bits per heavy atom. The average Bonchev–Trinajstić information content (AvgIpc) is 2.65. The Bertz CT molecular complexity index is 795. The largest absolute Gasteiger partial charge is 0.349 e. The van der Waals surface area contributed by atoms with E-state index >= 15 is 0 Å². The molecule has 3 nitrogen and oxygen atoms in total. The van der Waals surface area contributed by atoms with Gasteiger partial charge in [-0.25, -0.2) is 0 Å². The van der Waals surface area contributed by atoms with Gasteiger partial charge < -0.3 is 5.32 Å². The molecule has 1 heterocycles. The van der Waals surface area contributed by atoms with Gasteiger partial charge in [0.05, 0.1) is 12.0 Å². The number of benzene rings is 2. The van der Waals surface area contributed by atoms with E-state index in [0.717, 1.165) is 43.6 Å².